The first-order chi connectivity index (χ1) is 17.2. The van der Waals surface area contributed by atoms with Gasteiger partial charge in [0.1, 0.15) is 12.2 Å². The molecule has 3 aromatic carbocycles. The molecule has 0 radical (unpaired) electrons. The Balaban J connectivity index is 1.64. The van der Waals surface area contributed by atoms with Crippen LogP contribution in [-0.4, -0.2) is 25.0 Å². The smallest absolute Gasteiger partial charge is 0.335 e. The summed E-state index contributed by atoms with van der Waals surface area (Å²) in [7, 11) is 1.52. The molecule has 4 amide bonds. The predicted octanol–water partition coefficient (Wildman–Crippen LogP) is 5.82. The quantitative estimate of drug-likeness (QED) is 0.215. The molecule has 0 spiro atoms. The lowest BCUT2D eigenvalue weighted by molar-refractivity contribution is -0.122. The molecule has 36 heavy (non-hydrogen) atoms. The predicted molar refractivity (Wildman–Crippen MR) is 146 cm³/mol. The summed E-state index contributed by atoms with van der Waals surface area (Å²) >= 11 is 8.14. The van der Waals surface area contributed by atoms with E-state index in [0.717, 1.165) is 25.2 Å². The van der Waals surface area contributed by atoms with Gasteiger partial charge in [0.05, 0.1) is 16.4 Å². The molecule has 1 heterocycles. The largest absolute Gasteiger partial charge is 0.493 e. The van der Waals surface area contributed by atoms with Crippen molar-refractivity contribution in [3.8, 4) is 11.5 Å². The lowest BCUT2D eigenvalue weighted by Crippen LogP contribution is -2.54. The van der Waals surface area contributed by atoms with Gasteiger partial charge in [0.15, 0.2) is 11.5 Å². The van der Waals surface area contributed by atoms with Gasteiger partial charge in [0.25, 0.3) is 11.8 Å². The minimum atomic E-state index is -0.841. The maximum absolute atomic E-state index is 13.2. The summed E-state index contributed by atoms with van der Waals surface area (Å²) in [6.45, 7) is 4.42. The summed E-state index contributed by atoms with van der Waals surface area (Å²) < 4.78 is 12.4. The maximum atomic E-state index is 13.2. The van der Waals surface area contributed by atoms with Crippen LogP contribution in [0.3, 0.4) is 0 Å². The van der Waals surface area contributed by atoms with Crippen molar-refractivity contribution in [1.29, 1.82) is 0 Å². The molecule has 3 aromatic rings. The Morgan fingerprint density at radius 1 is 1.03 bits per heavy atom. The molecule has 9 heteroatoms. The van der Waals surface area contributed by atoms with E-state index in [1.807, 2.05) is 13.8 Å². The number of aryl methyl sites for hydroxylation is 2. The second kappa shape index (κ2) is 10.7. The van der Waals surface area contributed by atoms with Gasteiger partial charge in [-0.05, 0) is 84.0 Å². The van der Waals surface area contributed by atoms with Crippen molar-refractivity contribution in [2.45, 2.75) is 20.5 Å². The fourth-order valence-corrected chi connectivity index (χ4v) is 4.91. The monoisotopic (exact) mass is 616 g/mol. The van der Waals surface area contributed by atoms with E-state index in [1.54, 1.807) is 30.3 Å². The van der Waals surface area contributed by atoms with Gasteiger partial charge in [0, 0.05) is 5.02 Å². The molecule has 0 aliphatic carbocycles. The highest BCUT2D eigenvalue weighted by Gasteiger charge is 2.37. The molecule has 1 aliphatic rings. The van der Waals surface area contributed by atoms with Crippen LogP contribution in [-0.2, 0) is 16.2 Å². The molecular weight excluding hydrogens is 595 g/mol. The molecule has 0 unspecified atom stereocenters. The van der Waals surface area contributed by atoms with Crippen molar-refractivity contribution >= 4 is 63.8 Å². The van der Waals surface area contributed by atoms with Crippen LogP contribution in [0, 0.1) is 17.4 Å². The second-order valence-electron chi connectivity index (χ2n) is 8.26. The molecule has 1 fully saturated rings. The van der Waals surface area contributed by atoms with Crippen LogP contribution in [0.5, 0.6) is 11.5 Å². The number of carbonyl (C=O) groups is 3. The number of halogens is 2. The average molecular weight is 617 g/mol. The number of nitrogens with zero attached hydrogens (tertiary/aromatic N) is 1. The van der Waals surface area contributed by atoms with E-state index in [4.69, 9.17) is 21.1 Å². The molecule has 0 atom stereocenters. The molecule has 0 saturated carbocycles. The topological polar surface area (TPSA) is 84.9 Å². The minimum absolute atomic E-state index is 0.198. The summed E-state index contributed by atoms with van der Waals surface area (Å²) in [4.78, 5) is 39.0. The summed E-state index contributed by atoms with van der Waals surface area (Å²) in [5.74, 6) is -0.540. The highest BCUT2D eigenvalue weighted by Crippen LogP contribution is 2.36. The number of imide groups is 2. The summed E-state index contributed by atoms with van der Waals surface area (Å²) in [5, 5.41) is 2.56. The first-order valence-corrected chi connectivity index (χ1v) is 12.4. The highest BCUT2D eigenvalue weighted by molar-refractivity contribution is 14.1. The van der Waals surface area contributed by atoms with E-state index in [0.29, 0.717) is 28.7 Å². The van der Waals surface area contributed by atoms with Gasteiger partial charge < -0.3 is 9.47 Å². The molecule has 0 bridgehead atoms. The minimum Gasteiger partial charge on any atom is -0.493 e. The molecule has 1 N–H and O–H groups in total. The second-order valence-corrected chi connectivity index (χ2v) is 9.86. The number of anilines is 1. The summed E-state index contributed by atoms with van der Waals surface area (Å²) in [6.07, 6.45) is 1.42. The van der Waals surface area contributed by atoms with Gasteiger partial charge in [-0.1, -0.05) is 47.0 Å². The number of nitrogens with one attached hydrogen (secondary N) is 1. The third-order valence-electron chi connectivity index (χ3n) is 5.40. The van der Waals surface area contributed by atoms with Gasteiger partial charge in [-0.3, -0.25) is 14.9 Å². The number of methoxy groups -OCH3 is 1. The Labute approximate surface area is 227 Å². The average Bonchev–Trinajstić information content (AvgIpc) is 2.80. The lowest BCUT2D eigenvalue weighted by Gasteiger charge is -2.26. The molecule has 1 aliphatic heterocycles. The zero-order valence-electron chi connectivity index (χ0n) is 19.7. The van der Waals surface area contributed by atoms with Crippen LogP contribution >= 0.6 is 34.2 Å². The molecule has 0 aromatic heterocycles. The van der Waals surface area contributed by atoms with Crippen LogP contribution in [0.1, 0.15) is 22.3 Å². The number of ether oxygens (including phenoxy) is 2. The highest BCUT2D eigenvalue weighted by atomic mass is 127. The molecule has 7 nitrogen and oxygen atoms in total. The number of benzene rings is 3. The van der Waals surface area contributed by atoms with E-state index in [2.05, 4.69) is 46.1 Å². The standard InChI is InChI=1S/C27H22ClIN2O5/c1-15-7-16(2)9-18(8-15)14-36-24-22(29)11-17(12-23(24)35-3)10-21-25(32)30-27(34)31(26(21)33)20-6-4-5-19(28)13-20/h4-13H,14H2,1-3H3,(H,30,32,34)/b21-10+. The first-order valence-electron chi connectivity index (χ1n) is 10.9. The number of rotatable bonds is 6. The number of hydrogen-bond acceptors (Lipinski definition) is 5. The summed E-state index contributed by atoms with van der Waals surface area (Å²) in [5.41, 5.74) is 3.93. The molecule has 4 rings (SSSR count). The van der Waals surface area contributed by atoms with Crippen molar-refractivity contribution in [3.05, 3.63) is 91.0 Å². The van der Waals surface area contributed by atoms with Gasteiger partial charge in [-0.25, -0.2) is 9.69 Å². The third kappa shape index (κ3) is 5.55. The normalized spacial score (nSPS) is 14.8. The zero-order chi connectivity index (χ0) is 26.0. The molecular formula is C27H22ClIN2O5. The van der Waals surface area contributed by atoms with Gasteiger partial charge in [-0.15, -0.1) is 0 Å². The van der Waals surface area contributed by atoms with Crippen LogP contribution in [0.4, 0.5) is 10.5 Å². The van der Waals surface area contributed by atoms with Crippen LogP contribution in [0.15, 0.2) is 60.2 Å². The molecule has 1 saturated heterocycles. The van der Waals surface area contributed by atoms with Gasteiger partial charge >= 0.3 is 6.03 Å². The zero-order valence-corrected chi connectivity index (χ0v) is 22.6. The number of urea groups is 1. The van der Waals surface area contributed by atoms with Crippen LogP contribution in [0.25, 0.3) is 6.08 Å². The lowest BCUT2D eigenvalue weighted by atomic mass is 10.1. The number of hydrogen-bond donors (Lipinski definition) is 1. The number of barbiturate groups is 1. The van der Waals surface area contributed by atoms with E-state index in [1.165, 1.54) is 19.3 Å². The Hall–Kier alpha value is -3.37. The van der Waals surface area contributed by atoms with Crippen LogP contribution in [0.2, 0.25) is 5.02 Å². The Kier molecular flexibility index (Phi) is 7.65. The van der Waals surface area contributed by atoms with E-state index in [-0.39, 0.29) is 11.3 Å². The van der Waals surface area contributed by atoms with Crippen molar-refractivity contribution in [2.75, 3.05) is 12.0 Å². The Morgan fingerprint density at radius 2 is 1.75 bits per heavy atom. The van der Waals surface area contributed by atoms with E-state index in [9.17, 15) is 14.4 Å². The fraction of sp³-hybridized carbons (Fsp3) is 0.148. The fourth-order valence-electron chi connectivity index (χ4n) is 3.94. The SMILES string of the molecule is COc1cc(/C=C2\C(=O)NC(=O)N(c3cccc(Cl)c3)C2=O)cc(I)c1OCc1cc(C)cc(C)c1. The van der Waals surface area contributed by atoms with Crippen molar-refractivity contribution in [1.82, 2.24) is 5.32 Å². The molecule has 184 valence electrons. The van der Waals surface area contributed by atoms with E-state index < -0.39 is 17.8 Å². The van der Waals surface area contributed by atoms with Gasteiger partial charge in [0.2, 0.25) is 0 Å². The van der Waals surface area contributed by atoms with Gasteiger partial charge in [-0.2, -0.15) is 0 Å². The maximum Gasteiger partial charge on any atom is 0.335 e. The Morgan fingerprint density at radius 3 is 2.42 bits per heavy atom. The number of carbonyl (C=O) groups excluding carboxylic acids is 3. The Bertz CT molecular complexity index is 1400. The number of amides is 4. The summed E-state index contributed by atoms with van der Waals surface area (Å²) in [6, 6.07) is 15.1. The van der Waals surface area contributed by atoms with Crippen LogP contribution < -0.4 is 19.7 Å². The van der Waals surface area contributed by atoms with Crippen molar-refractivity contribution < 1.29 is 23.9 Å². The third-order valence-corrected chi connectivity index (χ3v) is 6.43. The van der Waals surface area contributed by atoms with Crippen molar-refractivity contribution in [3.63, 3.8) is 0 Å². The first kappa shape index (κ1) is 25.7. The van der Waals surface area contributed by atoms with Crippen molar-refractivity contribution in [2.24, 2.45) is 0 Å². The van der Waals surface area contributed by atoms with E-state index >= 15 is 0 Å².